The first-order chi connectivity index (χ1) is 5.08. The fourth-order valence-corrected chi connectivity index (χ4v) is 0.956. The minimum atomic E-state index is -0.283. The van der Waals surface area contributed by atoms with Crippen LogP contribution in [0.4, 0.5) is 0 Å². The Labute approximate surface area is 75.5 Å². The van der Waals surface area contributed by atoms with Crippen LogP contribution in [0.15, 0.2) is 30.3 Å². The Kier molecular flexibility index (Phi) is 2.55. The summed E-state index contributed by atoms with van der Waals surface area (Å²) in [5.41, 5.74) is 0. The van der Waals surface area contributed by atoms with Gasteiger partial charge >= 0.3 is 0 Å². The summed E-state index contributed by atoms with van der Waals surface area (Å²) in [7, 11) is 0. The zero-order valence-electron chi connectivity index (χ0n) is 6.67. The molecule has 0 radical (unpaired) electrons. The molecule has 0 aliphatic rings. The molecule has 11 heavy (non-hydrogen) atoms. The average Bonchev–Trinajstić information content (AvgIpc) is 1.85. The third kappa shape index (κ3) is 3.42. The standard InChI is InChI=1S/C9H11BrO/c1-9(2,10)11-8-6-4-3-5-7-8/h3-7H,1-2H3. The second-order valence-electron chi connectivity index (χ2n) is 2.78. The highest BCUT2D eigenvalue weighted by atomic mass is 79.9. The monoisotopic (exact) mass is 214 g/mol. The van der Waals surface area contributed by atoms with Crippen LogP contribution in [-0.2, 0) is 0 Å². The van der Waals surface area contributed by atoms with Crippen LogP contribution in [0.25, 0.3) is 0 Å². The molecule has 0 spiro atoms. The van der Waals surface area contributed by atoms with Crippen molar-refractivity contribution < 1.29 is 4.74 Å². The summed E-state index contributed by atoms with van der Waals surface area (Å²) >= 11 is 3.39. The lowest BCUT2D eigenvalue weighted by Crippen LogP contribution is -2.18. The van der Waals surface area contributed by atoms with E-state index in [-0.39, 0.29) is 4.51 Å². The number of hydrogen-bond donors (Lipinski definition) is 0. The maximum Gasteiger partial charge on any atom is 0.157 e. The number of para-hydroxylation sites is 1. The van der Waals surface area contributed by atoms with Crippen LogP contribution in [0.1, 0.15) is 13.8 Å². The number of rotatable bonds is 2. The summed E-state index contributed by atoms with van der Waals surface area (Å²) < 4.78 is 5.23. The van der Waals surface area contributed by atoms with E-state index in [4.69, 9.17) is 4.74 Å². The van der Waals surface area contributed by atoms with Crippen molar-refractivity contribution in [1.29, 1.82) is 0 Å². The molecule has 60 valence electrons. The second-order valence-corrected chi connectivity index (χ2v) is 4.69. The van der Waals surface area contributed by atoms with Crippen LogP contribution < -0.4 is 4.74 Å². The van der Waals surface area contributed by atoms with Gasteiger partial charge in [0.1, 0.15) is 5.75 Å². The maximum atomic E-state index is 5.52. The van der Waals surface area contributed by atoms with Gasteiger partial charge in [0.25, 0.3) is 0 Å². The van der Waals surface area contributed by atoms with E-state index < -0.39 is 0 Å². The maximum absolute atomic E-state index is 5.52. The minimum Gasteiger partial charge on any atom is -0.477 e. The lowest BCUT2D eigenvalue weighted by molar-refractivity contribution is 0.215. The lowest BCUT2D eigenvalue weighted by atomic mass is 10.3. The highest BCUT2D eigenvalue weighted by Crippen LogP contribution is 2.21. The van der Waals surface area contributed by atoms with Crippen molar-refractivity contribution in [3.05, 3.63) is 30.3 Å². The fraction of sp³-hybridized carbons (Fsp3) is 0.333. The first-order valence-corrected chi connectivity index (χ1v) is 4.30. The molecule has 1 aromatic rings. The van der Waals surface area contributed by atoms with Gasteiger partial charge in [0.05, 0.1) is 0 Å². The van der Waals surface area contributed by atoms with Crippen molar-refractivity contribution in [2.24, 2.45) is 0 Å². The van der Waals surface area contributed by atoms with Crippen molar-refractivity contribution in [2.75, 3.05) is 0 Å². The van der Waals surface area contributed by atoms with Gasteiger partial charge in [0.15, 0.2) is 4.51 Å². The number of halogens is 1. The summed E-state index contributed by atoms with van der Waals surface area (Å²) in [6, 6.07) is 9.74. The molecule has 0 atom stereocenters. The molecule has 1 rings (SSSR count). The van der Waals surface area contributed by atoms with Crippen molar-refractivity contribution in [2.45, 2.75) is 18.4 Å². The van der Waals surface area contributed by atoms with Gasteiger partial charge in [0, 0.05) is 0 Å². The van der Waals surface area contributed by atoms with E-state index in [1.807, 2.05) is 44.2 Å². The molecule has 1 aromatic carbocycles. The molecular formula is C9H11BrO. The Morgan fingerprint density at radius 2 is 1.73 bits per heavy atom. The third-order valence-electron chi connectivity index (χ3n) is 1.10. The van der Waals surface area contributed by atoms with Gasteiger partial charge in [-0.2, -0.15) is 0 Å². The molecule has 0 heterocycles. The van der Waals surface area contributed by atoms with Crippen LogP contribution in [0.5, 0.6) is 5.75 Å². The van der Waals surface area contributed by atoms with E-state index in [0.717, 1.165) is 5.75 Å². The Hall–Kier alpha value is -0.500. The molecule has 0 saturated heterocycles. The molecule has 0 aromatic heterocycles. The van der Waals surface area contributed by atoms with Gasteiger partial charge in [-0.1, -0.05) is 18.2 Å². The predicted molar refractivity (Wildman–Crippen MR) is 50.1 cm³/mol. The number of ether oxygens (including phenoxy) is 1. The average molecular weight is 215 g/mol. The van der Waals surface area contributed by atoms with Gasteiger partial charge < -0.3 is 4.74 Å². The van der Waals surface area contributed by atoms with E-state index in [1.165, 1.54) is 0 Å². The van der Waals surface area contributed by atoms with E-state index in [1.54, 1.807) is 0 Å². The number of benzene rings is 1. The fourth-order valence-electron chi connectivity index (χ4n) is 0.769. The van der Waals surface area contributed by atoms with Gasteiger partial charge in [-0.3, -0.25) is 0 Å². The van der Waals surface area contributed by atoms with E-state index in [9.17, 15) is 0 Å². The SMILES string of the molecule is CC(C)(Br)Oc1ccccc1. The summed E-state index contributed by atoms with van der Waals surface area (Å²) in [4.78, 5) is 0. The van der Waals surface area contributed by atoms with Crippen LogP contribution in [-0.4, -0.2) is 4.51 Å². The van der Waals surface area contributed by atoms with Crippen molar-refractivity contribution >= 4 is 15.9 Å². The number of hydrogen-bond acceptors (Lipinski definition) is 1. The molecule has 0 bridgehead atoms. The quantitative estimate of drug-likeness (QED) is 0.688. The Morgan fingerprint density at radius 3 is 2.18 bits per heavy atom. The van der Waals surface area contributed by atoms with Crippen molar-refractivity contribution in [3.8, 4) is 5.75 Å². The van der Waals surface area contributed by atoms with Gasteiger partial charge in [-0.05, 0) is 41.9 Å². The zero-order valence-corrected chi connectivity index (χ0v) is 8.26. The number of alkyl halides is 1. The van der Waals surface area contributed by atoms with Gasteiger partial charge in [-0.15, -0.1) is 0 Å². The van der Waals surface area contributed by atoms with E-state index in [2.05, 4.69) is 15.9 Å². The normalized spacial score (nSPS) is 11.2. The molecule has 0 N–H and O–H groups in total. The summed E-state index contributed by atoms with van der Waals surface area (Å²) in [6.07, 6.45) is 0. The first-order valence-electron chi connectivity index (χ1n) is 3.51. The predicted octanol–water partition coefficient (Wildman–Crippen LogP) is 3.20. The largest absolute Gasteiger partial charge is 0.477 e. The third-order valence-corrected chi connectivity index (χ3v) is 1.27. The van der Waals surface area contributed by atoms with Gasteiger partial charge in [-0.25, -0.2) is 0 Å². The smallest absolute Gasteiger partial charge is 0.157 e. The highest BCUT2D eigenvalue weighted by Gasteiger charge is 2.12. The lowest BCUT2D eigenvalue weighted by Gasteiger charge is -2.18. The summed E-state index contributed by atoms with van der Waals surface area (Å²) in [6.45, 7) is 3.92. The van der Waals surface area contributed by atoms with Crippen LogP contribution in [0.2, 0.25) is 0 Å². The topological polar surface area (TPSA) is 9.23 Å². The molecule has 2 heteroatoms. The zero-order chi connectivity index (χ0) is 8.32. The highest BCUT2D eigenvalue weighted by molar-refractivity contribution is 9.10. The second kappa shape index (κ2) is 3.26. The molecule has 0 amide bonds. The summed E-state index contributed by atoms with van der Waals surface area (Å²) in [5, 5.41) is 0. The van der Waals surface area contributed by atoms with Crippen LogP contribution in [0.3, 0.4) is 0 Å². The first kappa shape index (κ1) is 8.60. The molecular weight excluding hydrogens is 204 g/mol. The van der Waals surface area contributed by atoms with Gasteiger partial charge in [0.2, 0.25) is 0 Å². The molecule has 0 aliphatic carbocycles. The van der Waals surface area contributed by atoms with Crippen molar-refractivity contribution in [3.63, 3.8) is 0 Å². The molecule has 1 nitrogen and oxygen atoms in total. The van der Waals surface area contributed by atoms with E-state index in [0.29, 0.717) is 0 Å². The summed E-state index contributed by atoms with van der Waals surface area (Å²) in [5.74, 6) is 0.884. The van der Waals surface area contributed by atoms with E-state index >= 15 is 0 Å². The Bertz CT molecular complexity index is 213. The van der Waals surface area contributed by atoms with Crippen molar-refractivity contribution in [1.82, 2.24) is 0 Å². The molecule has 0 fully saturated rings. The Balaban J connectivity index is 2.66. The minimum absolute atomic E-state index is 0.283. The molecule has 0 aliphatic heterocycles. The molecule has 0 saturated carbocycles. The molecule has 0 unspecified atom stereocenters. The van der Waals surface area contributed by atoms with Crippen LogP contribution >= 0.6 is 15.9 Å². The Morgan fingerprint density at radius 1 is 1.18 bits per heavy atom. The van der Waals surface area contributed by atoms with Crippen LogP contribution in [0, 0.1) is 0 Å².